The van der Waals surface area contributed by atoms with Crippen LogP contribution in [0, 0.1) is 0 Å². The van der Waals surface area contributed by atoms with Crippen molar-refractivity contribution in [2.45, 2.75) is 12.0 Å². The molecule has 0 radical (unpaired) electrons. The van der Waals surface area contributed by atoms with Gasteiger partial charge in [-0.25, -0.2) is 0 Å². The van der Waals surface area contributed by atoms with Gasteiger partial charge in [0.2, 0.25) is 11.7 Å². The third kappa shape index (κ3) is 2.97. The topological polar surface area (TPSA) is 60.5 Å². The molecule has 0 unspecified atom stereocenters. The molecule has 5 heteroatoms. The van der Waals surface area contributed by atoms with Gasteiger partial charge in [0, 0.05) is 11.1 Å². The molecule has 4 aromatic rings. The minimum absolute atomic E-state index is 0.283. The SMILES string of the molecule is c1ccc(C2=NO[C@@H](c3ccccc3)[C@@H]2c2nc(-c3ccccc3)no2)cc1. The first-order valence-corrected chi connectivity index (χ1v) is 9.13. The van der Waals surface area contributed by atoms with E-state index >= 15 is 0 Å². The van der Waals surface area contributed by atoms with Crippen molar-refractivity contribution in [3.63, 3.8) is 0 Å². The molecule has 1 aliphatic heterocycles. The van der Waals surface area contributed by atoms with E-state index in [0.29, 0.717) is 11.7 Å². The summed E-state index contributed by atoms with van der Waals surface area (Å²) in [4.78, 5) is 10.5. The second-order valence-electron chi connectivity index (χ2n) is 6.58. The van der Waals surface area contributed by atoms with Crippen LogP contribution in [0.15, 0.2) is 101 Å². The second-order valence-corrected chi connectivity index (χ2v) is 6.58. The fourth-order valence-corrected chi connectivity index (χ4v) is 3.42. The molecule has 5 nitrogen and oxygen atoms in total. The monoisotopic (exact) mass is 367 g/mol. The van der Waals surface area contributed by atoms with Crippen molar-refractivity contribution in [2.75, 3.05) is 0 Å². The number of oxime groups is 1. The van der Waals surface area contributed by atoms with Crippen LogP contribution in [0.2, 0.25) is 0 Å². The summed E-state index contributed by atoms with van der Waals surface area (Å²) in [7, 11) is 0. The van der Waals surface area contributed by atoms with Gasteiger partial charge in [-0.2, -0.15) is 4.98 Å². The largest absolute Gasteiger partial charge is 0.386 e. The van der Waals surface area contributed by atoms with E-state index in [0.717, 1.165) is 22.4 Å². The first-order valence-electron chi connectivity index (χ1n) is 9.13. The van der Waals surface area contributed by atoms with Gasteiger partial charge in [-0.15, -0.1) is 0 Å². The highest BCUT2D eigenvalue weighted by Gasteiger charge is 2.41. The van der Waals surface area contributed by atoms with Crippen molar-refractivity contribution in [1.29, 1.82) is 0 Å². The predicted molar refractivity (Wildman–Crippen MR) is 106 cm³/mol. The fraction of sp³-hybridized carbons (Fsp3) is 0.0870. The van der Waals surface area contributed by atoms with Gasteiger partial charge in [0.05, 0.1) is 0 Å². The summed E-state index contributed by atoms with van der Waals surface area (Å²) >= 11 is 0. The second kappa shape index (κ2) is 7.12. The Hall–Kier alpha value is -3.73. The van der Waals surface area contributed by atoms with Crippen molar-refractivity contribution in [1.82, 2.24) is 10.1 Å². The molecular weight excluding hydrogens is 350 g/mol. The van der Waals surface area contributed by atoms with E-state index in [2.05, 4.69) is 15.3 Å². The maximum absolute atomic E-state index is 5.85. The molecular formula is C23H17N3O2. The number of hydrogen-bond acceptors (Lipinski definition) is 5. The standard InChI is InChI=1S/C23H17N3O2/c1-4-10-16(11-5-1)20-19(21(27-25-20)17-12-6-2-7-13-17)23-24-22(26-28-23)18-14-8-3-9-15-18/h1-15,19,21H/t19-,21+/m1/s1. The predicted octanol–water partition coefficient (Wildman–Crippen LogP) is 5.00. The highest BCUT2D eigenvalue weighted by molar-refractivity contribution is 6.05. The Morgan fingerprint density at radius 2 is 1.29 bits per heavy atom. The molecule has 28 heavy (non-hydrogen) atoms. The summed E-state index contributed by atoms with van der Waals surface area (Å²) in [5.74, 6) is 0.768. The third-order valence-corrected chi connectivity index (χ3v) is 4.80. The Labute approximate surface area is 162 Å². The molecule has 0 fully saturated rings. The molecule has 2 atom stereocenters. The lowest BCUT2D eigenvalue weighted by Gasteiger charge is -2.16. The maximum Gasteiger partial charge on any atom is 0.240 e. The van der Waals surface area contributed by atoms with Crippen LogP contribution in [0.3, 0.4) is 0 Å². The first kappa shape index (κ1) is 16.4. The summed E-state index contributed by atoms with van der Waals surface area (Å²) in [6.07, 6.45) is -0.319. The molecule has 0 N–H and O–H groups in total. The lowest BCUT2D eigenvalue weighted by molar-refractivity contribution is 0.0705. The zero-order chi connectivity index (χ0) is 18.8. The molecule has 2 heterocycles. The van der Waals surface area contributed by atoms with Crippen molar-refractivity contribution < 1.29 is 9.36 Å². The van der Waals surface area contributed by atoms with Crippen LogP contribution in [0.1, 0.15) is 29.0 Å². The Morgan fingerprint density at radius 3 is 1.96 bits per heavy atom. The molecule has 0 spiro atoms. The van der Waals surface area contributed by atoms with E-state index in [4.69, 9.17) is 9.36 Å². The molecule has 0 saturated carbocycles. The zero-order valence-electron chi connectivity index (χ0n) is 15.0. The molecule has 0 bridgehead atoms. The number of aromatic nitrogens is 2. The zero-order valence-corrected chi connectivity index (χ0v) is 15.0. The van der Waals surface area contributed by atoms with Gasteiger partial charge in [0.25, 0.3) is 0 Å². The van der Waals surface area contributed by atoms with Crippen LogP contribution in [-0.2, 0) is 4.84 Å². The van der Waals surface area contributed by atoms with Gasteiger partial charge < -0.3 is 9.36 Å². The van der Waals surface area contributed by atoms with Crippen LogP contribution >= 0.6 is 0 Å². The van der Waals surface area contributed by atoms with Crippen LogP contribution in [-0.4, -0.2) is 15.9 Å². The average molecular weight is 367 g/mol. The van der Waals surface area contributed by atoms with Gasteiger partial charge in [-0.3, -0.25) is 0 Å². The van der Waals surface area contributed by atoms with Crippen LogP contribution in [0.4, 0.5) is 0 Å². The summed E-state index contributed by atoms with van der Waals surface area (Å²) in [5.41, 5.74) is 3.69. The molecule has 1 aromatic heterocycles. The minimum atomic E-state index is -0.319. The number of hydrogen-bond donors (Lipinski definition) is 0. The highest BCUT2D eigenvalue weighted by Crippen LogP contribution is 2.41. The molecule has 1 aliphatic rings. The Kier molecular flexibility index (Phi) is 4.18. The number of nitrogens with zero attached hydrogens (tertiary/aromatic N) is 3. The smallest absolute Gasteiger partial charge is 0.240 e. The summed E-state index contributed by atoms with van der Waals surface area (Å²) < 4.78 is 5.68. The normalized spacial score (nSPS) is 18.5. The van der Waals surface area contributed by atoms with E-state index in [1.807, 2.05) is 91.0 Å². The van der Waals surface area contributed by atoms with Crippen LogP contribution in [0.5, 0.6) is 0 Å². The summed E-state index contributed by atoms with van der Waals surface area (Å²) in [6.45, 7) is 0. The Morgan fingerprint density at radius 1 is 0.679 bits per heavy atom. The minimum Gasteiger partial charge on any atom is -0.386 e. The van der Waals surface area contributed by atoms with Crippen LogP contribution in [0.25, 0.3) is 11.4 Å². The summed E-state index contributed by atoms with van der Waals surface area (Å²) in [6, 6.07) is 29.7. The highest BCUT2D eigenvalue weighted by atomic mass is 16.6. The van der Waals surface area contributed by atoms with Gasteiger partial charge in [0.15, 0.2) is 6.10 Å². The molecule has 0 aliphatic carbocycles. The van der Waals surface area contributed by atoms with Crippen molar-refractivity contribution in [2.24, 2.45) is 5.16 Å². The Bertz CT molecular complexity index is 1090. The fourth-order valence-electron chi connectivity index (χ4n) is 3.42. The lowest BCUT2D eigenvalue weighted by Crippen LogP contribution is -2.17. The van der Waals surface area contributed by atoms with Gasteiger partial charge in [0.1, 0.15) is 11.6 Å². The first-order chi connectivity index (χ1) is 13.9. The maximum atomic E-state index is 5.85. The molecule has 3 aromatic carbocycles. The summed E-state index contributed by atoms with van der Waals surface area (Å²) in [5, 5.41) is 8.58. The van der Waals surface area contributed by atoms with E-state index in [9.17, 15) is 0 Å². The van der Waals surface area contributed by atoms with Crippen molar-refractivity contribution >= 4 is 5.71 Å². The molecule has 0 saturated heterocycles. The molecule has 0 amide bonds. The van der Waals surface area contributed by atoms with Crippen molar-refractivity contribution in [3.8, 4) is 11.4 Å². The van der Waals surface area contributed by atoms with Crippen LogP contribution < -0.4 is 0 Å². The van der Waals surface area contributed by atoms with Gasteiger partial charge in [-0.1, -0.05) is 101 Å². The van der Waals surface area contributed by atoms with Crippen molar-refractivity contribution in [3.05, 3.63) is 108 Å². The van der Waals surface area contributed by atoms with Gasteiger partial charge >= 0.3 is 0 Å². The third-order valence-electron chi connectivity index (χ3n) is 4.80. The number of rotatable bonds is 4. The quantitative estimate of drug-likeness (QED) is 0.509. The van der Waals surface area contributed by atoms with E-state index in [-0.39, 0.29) is 12.0 Å². The van der Waals surface area contributed by atoms with E-state index in [1.165, 1.54) is 0 Å². The Balaban J connectivity index is 1.57. The van der Waals surface area contributed by atoms with Gasteiger partial charge in [-0.05, 0) is 5.56 Å². The van der Waals surface area contributed by atoms with E-state index < -0.39 is 0 Å². The molecule has 136 valence electrons. The molecule has 5 rings (SSSR count). The number of benzene rings is 3. The average Bonchev–Trinajstić information content (AvgIpc) is 3.43. The van der Waals surface area contributed by atoms with E-state index in [1.54, 1.807) is 0 Å². The lowest BCUT2D eigenvalue weighted by atomic mass is 9.88.